The number of carbonyl (C=O) groups is 2. The maximum Gasteiger partial charge on any atom is 0.519 e. The van der Waals surface area contributed by atoms with Crippen LogP contribution in [0.5, 0.6) is 0 Å². The molecular formula is C18H18ClNO6. The molecule has 1 aliphatic rings. The van der Waals surface area contributed by atoms with Crippen molar-refractivity contribution in [3.05, 3.63) is 57.0 Å². The quantitative estimate of drug-likeness (QED) is 0.873. The van der Waals surface area contributed by atoms with Gasteiger partial charge in [-0.05, 0) is 32.3 Å². The second kappa shape index (κ2) is 6.99. The molecule has 1 aromatic heterocycles. The van der Waals surface area contributed by atoms with Crippen molar-refractivity contribution in [3.8, 4) is 0 Å². The Morgan fingerprint density at radius 1 is 1.35 bits per heavy atom. The minimum Gasteiger partial charge on any atom is -0.430 e. The van der Waals surface area contributed by atoms with Crippen molar-refractivity contribution in [2.75, 3.05) is 0 Å². The summed E-state index contributed by atoms with van der Waals surface area (Å²) in [7, 11) is 0. The highest BCUT2D eigenvalue weighted by atomic mass is 35.5. The maximum atomic E-state index is 13.3. The van der Waals surface area contributed by atoms with Crippen LogP contribution >= 0.6 is 11.6 Å². The molecule has 1 heterocycles. The third kappa shape index (κ3) is 3.26. The van der Waals surface area contributed by atoms with Gasteiger partial charge in [0, 0.05) is 22.9 Å². The van der Waals surface area contributed by atoms with Crippen molar-refractivity contribution in [3.63, 3.8) is 0 Å². The van der Waals surface area contributed by atoms with E-state index in [4.69, 9.17) is 30.9 Å². The van der Waals surface area contributed by atoms with Crippen molar-refractivity contribution in [1.29, 1.82) is 0 Å². The van der Waals surface area contributed by atoms with Gasteiger partial charge in [0.15, 0.2) is 17.1 Å². The first-order valence-electron chi connectivity index (χ1n) is 8.20. The Labute approximate surface area is 154 Å². The molecule has 3 rings (SSSR count). The zero-order chi connectivity index (χ0) is 18.9. The van der Waals surface area contributed by atoms with Crippen LogP contribution in [0.2, 0.25) is 5.02 Å². The fraction of sp³-hybridized carbons (Fsp3) is 0.389. The molecule has 1 aromatic carbocycles. The van der Waals surface area contributed by atoms with Crippen molar-refractivity contribution in [1.82, 2.24) is 0 Å². The molecule has 1 saturated carbocycles. The highest BCUT2D eigenvalue weighted by molar-refractivity contribution is 6.31. The number of hydrogen-bond acceptors (Lipinski definition) is 6. The van der Waals surface area contributed by atoms with Gasteiger partial charge in [-0.1, -0.05) is 29.8 Å². The van der Waals surface area contributed by atoms with Crippen LogP contribution in [0, 0.1) is 12.8 Å². The lowest BCUT2D eigenvalue weighted by Gasteiger charge is -2.38. The molecule has 0 radical (unpaired) electrons. The Bertz CT molecular complexity index is 901. The highest BCUT2D eigenvalue weighted by Gasteiger charge is 2.50. The number of rotatable bonds is 4. The van der Waals surface area contributed by atoms with E-state index in [1.807, 2.05) is 0 Å². The van der Waals surface area contributed by atoms with Gasteiger partial charge in [0.2, 0.25) is 0 Å². The van der Waals surface area contributed by atoms with Gasteiger partial charge < -0.3 is 19.3 Å². The molecule has 8 heteroatoms. The van der Waals surface area contributed by atoms with Crippen LogP contribution in [0.15, 0.2) is 37.9 Å². The average Bonchev–Trinajstić information content (AvgIpc) is 2.89. The monoisotopic (exact) mass is 379 g/mol. The van der Waals surface area contributed by atoms with Gasteiger partial charge in [0.1, 0.15) is 5.76 Å². The van der Waals surface area contributed by atoms with E-state index in [0.29, 0.717) is 34.9 Å². The third-order valence-electron chi connectivity index (χ3n) is 4.70. The van der Waals surface area contributed by atoms with E-state index in [2.05, 4.69) is 0 Å². The number of carbonyl (C=O) groups excluding carboxylic acids is 2. The van der Waals surface area contributed by atoms with E-state index in [9.17, 15) is 14.4 Å². The number of ether oxygens (including phenoxy) is 1. The molecule has 138 valence electrons. The second-order valence-corrected chi connectivity index (χ2v) is 6.73. The molecule has 2 atom stereocenters. The molecule has 0 spiro atoms. The summed E-state index contributed by atoms with van der Waals surface area (Å²) >= 11 is 6.27. The Morgan fingerprint density at radius 2 is 2.08 bits per heavy atom. The van der Waals surface area contributed by atoms with E-state index in [-0.39, 0.29) is 18.6 Å². The number of amides is 1. The second-order valence-electron chi connectivity index (χ2n) is 6.32. The first-order chi connectivity index (χ1) is 12.3. The predicted molar refractivity (Wildman–Crippen MR) is 91.8 cm³/mol. The minimum atomic E-state index is -1.55. The van der Waals surface area contributed by atoms with Gasteiger partial charge in [0.25, 0.3) is 0 Å². The van der Waals surface area contributed by atoms with Gasteiger partial charge in [0.05, 0.1) is 0 Å². The summed E-state index contributed by atoms with van der Waals surface area (Å²) in [6, 6.07) is 6.70. The zero-order valence-corrected chi connectivity index (χ0v) is 14.9. The molecule has 26 heavy (non-hydrogen) atoms. The largest absolute Gasteiger partial charge is 0.519 e. The van der Waals surface area contributed by atoms with E-state index >= 15 is 0 Å². The SMILES string of the molecule is Cc1oc(=O)oc1CC1CCC[C@](OC(N)=O)(c2ccccc2Cl)C1=O. The van der Waals surface area contributed by atoms with Gasteiger partial charge in [-0.25, -0.2) is 9.59 Å². The topological polar surface area (TPSA) is 113 Å². The highest BCUT2D eigenvalue weighted by Crippen LogP contribution is 2.43. The normalized spacial score (nSPS) is 23.0. The van der Waals surface area contributed by atoms with E-state index in [1.165, 1.54) is 0 Å². The summed E-state index contributed by atoms with van der Waals surface area (Å²) in [5.41, 5.74) is 4.10. The lowest BCUT2D eigenvalue weighted by atomic mass is 9.71. The number of benzene rings is 1. The zero-order valence-electron chi connectivity index (χ0n) is 14.1. The first-order valence-corrected chi connectivity index (χ1v) is 8.58. The Morgan fingerprint density at radius 3 is 2.69 bits per heavy atom. The summed E-state index contributed by atoms with van der Waals surface area (Å²) < 4.78 is 15.2. The number of halogens is 1. The van der Waals surface area contributed by atoms with Crippen molar-refractivity contribution in [2.45, 2.75) is 38.2 Å². The van der Waals surface area contributed by atoms with Crippen molar-refractivity contribution in [2.24, 2.45) is 11.7 Å². The molecule has 0 saturated heterocycles. The fourth-order valence-electron chi connectivity index (χ4n) is 3.54. The molecule has 1 unspecified atom stereocenters. The van der Waals surface area contributed by atoms with Crippen LogP contribution in [-0.2, 0) is 21.6 Å². The minimum absolute atomic E-state index is 0.171. The molecular weight excluding hydrogens is 362 g/mol. The number of nitrogens with two attached hydrogens (primary N) is 1. The summed E-state index contributed by atoms with van der Waals surface area (Å²) in [4.78, 5) is 36.1. The van der Waals surface area contributed by atoms with Crippen LogP contribution in [0.4, 0.5) is 4.79 Å². The molecule has 1 fully saturated rings. The third-order valence-corrected chi connectivity index (χ3v) is 5.03. The summed E-state index contributed by atoms with van der Waals surface area (Å²) in [5, 5.41) is 0.314. The molecule has 2 aromatic rings. The molecule has 7 nitrogen and oxygen atoms in total. The molecule has 1 amide bonds. The summed E-state index contributed by atoms with van der Waals surface area (Å²) in [6.45, 7) is 1.59. The number of Topliss-reactive ketones (excluding diaryl/α,β-unsaturated/α-hetero) is 1. The molecule has 2 N–H and O–H groups in total. The maximum absolute atomic E-state index is 13.3. The van der Waals surface area contributed by atoms with Crippen LogP contribution < -0.4 is 11.6 Å². The van der Waals surface area contributed by atoms with Crippen LogP contribution in [0.1, 0.15) is 36.3 Å². The van der Waals surface area contributed by atoms with Crippen molar-refractivity contribution < 1.29 is 23.2 Å². The Balaban J connectivity index is 2.00. The van der Waals surface area contributed by atoms with E-state index < -0.39 is 23.4 Å². The lowest BCUT2D eigenvalue weighted by molar-refractivity contribution is -0.147. The summed E-state index contributed by atoms with van der Waals surface area (Å²) in [6.07, 6.45) is 0.566. The van der Waals surface area contributed by atoms with Crippen LogP contribution in [0.25, 0.3) is 0 Å². The van der Waals surface area contributed by atoms with Gasteiger partial charge in [-0.15, -0.1) is 0 Å². The van der Waals surface area contributed by atoms with Crippen molar-refractivity contribution >= 4 is 23.5 Å². The number of ketones is 1. The number of primary amides is 1. The van der Waals surface area contributed by atoms with E-state index in [1.54, 1.807) is 31.2 Å². The first kappa shape index (κ1) is 18.3. The predicted octanol–water partition coefficient (Wildman–Crippen LogP) is 3.10. The van der Waals surface area contributed by atoms with Crippen LogP contribution in [0.3, 0.4) is 0 Å². The molecule has 0 bridgehead atoms. The Kier molecular flexibility index (Phi) is 4.91. The van der Waals surface area contributed by atoms with Gasteiger partial charge in [-0.2, -0.15) is 0 Å². The molecule has 0 aliphatic heterocycles. The van der Waals surface area contributed by atoms with Gasteiger partial charge in [-0.3, -0.25) is 4.79 Å². The van der Waals surface area contributed by atoms with Crippen LogP contribution in [-0.4, -0.2) is 11.9 Å². The smallest absolute Gasteiger partial charge is 0.430 e. The molecule has 1 aliphatic carbocycles. The Hall–Kier alpha value is -2.54. The van der Waals surface area contributed by atoms with E-state index in [0.717, 1.165) is 0 Å². The summed E-state index contributed by atoms with van der Waals surface area (Å²) in [5.74, 6) is -1.03. The average molecular weight is 380 g/mol. The number of hydrogen-bond donors (Lipinski definition) is 1. The van der Waals surface area contributed by atoms with Gasteiger partial charge >= 0.3 is 11.9 Å². The fourth-order valence-corrected chi connectivity index (χ4v) is 3.83. The standard InChI is InChI=1S/C18H18ClNO6/c1-10-14(25-17(23)24-10)9-11-5-4-8-18(15(11)21,26-16(20)22)12-6-2-3-7-13(12)19/h2-3,6-7,11H,4-5,8-9H2,1H3,(H2,20,22)/t11?,18-/m0/s1. The lowest BCUT2D eigenvalue weighted by Crippen LogP contribution is -2.48. The number of aryl methyl sites for hydroxylation is 1.